The lowest BCUT2D eigenvalue weighted by Gasteiger charge is -2.24. The molecule has 1 unspecified atom stereocenters. The summed E-state index contributed by atoms with van der Waals surface area (Å²) in [7, 11) is 0. The number of nitrogens with one attached hydrogen (secondary N) is 2. The van der Waals surface area contributed by atoms with Crippen LogP contribution in [-0.4, -0.2) is 24.1 Å². The van der Waals surface area contributed by atoms with Crippen LogP contribution in [0.25, 0.3) is 0 Å². The largest absolute Gasteiger partial charge is 0.365 e. The molecule has 1 aliphatic heterocycles. The van der Waals surface area contributed by atoms with Gasteiger partial charge in [0.05, 0.1) is 9.50 Å². The molecule has 1 aromatic rings. The van der Waals surface area contributed by atoms with Gasteiger partial charge in [-0.2, -0.15) is 0 Å². The van der Waals surface area contributed by atoms with E-state index in [1.54, 1.807) is 6.20 Å². The van der Waals surface area contributed by atoms with Crippen LogP contribution in [0, 0.1) is 0 Å². The van der Waals surface area contributed by atoms with Crippen molar-refractivity contribution in [2.24, 2.45) is 0 Å². The molecule has 2 heterocycles. The molecule has 0 aliphatic carbocycles. The van der Waals surface area contributed by atoms with Gasteiger partial charge >= 0.3 is 0 Å². The fraction of sp³-hybridized carbons (Fsp3) is 0.500. The van der Waals surface area contributed by atoms with E-state index in [-0.39, 0.29) is 0 Å². The van der Waals surface area contributed by atoms with Gasteiger partial charge in [-0.05, 0) is 41.4 Å². The summed E-state index contributed by atoms with van der Waals surface area (Å²) in [5, 5.41) is 7.40. The minimum atomic E-state index is 0.462. The minimum absolute atomic E-state index is 0.462. The Kier molecular flexibility index (Phi) is 3.83. The molecule has 1 aliphatic rings. The monoisotopic (exact) mass is 289 g/mol. The molecule has 0 saturated carbocycles. The summed E-state index contributed by atoms with van der Waals surface area (Å²) in [6.07, 6.45) is 4.05. The van der Waals surface area contributed by atoms with Crippen molar-refractivity contribution in [2.75, 3.05) is 18.4 Å². The maximum absolute atomic E-state index is 5.83. The SMILES string of the molecule is Clc1cnc(NC2CCCNC2)c(Br)c1. The molecule has 0 spiro atoms. The molecule has 3 nitrogen and oxygen atoms in total. The minimum Gasteiger partial charge on any atom is -0.365 e. The number of pyridine rings is 1. The van der Waals surface area contributed by atoms with Crippen LogP contribution >= 0.6 is 27.5 Å². The molecular weight excluding hydrogens is 277 g/mol. The summed E-state index contributed by atoms with van der Waals surface area (Å²) in [6, 6.07) is 2.32. The topological polar surface area (TPSA) is 37.0 Å². The molecule has 1 aromatic heterocycles. The summed E-state index contributed by atoms with van der Waals surface area (Å²) in [4.78, 5) is 4.25. The first-order valence-electron chi connectivity index (χ1n) is 5.04. The van der Waals surface area contributed by atoms with Crippen LogP contribution in [0.3, 0.4) is 0 Å². The third-order valence-electron chi connectivity index (χ3n) is 2.45. The summed E-state index contributed by atoms with van der Waals surface area (Å²) in [5.74, 6) is 0.869. The van der Waals surface area contributed by atoms with Crippen molar-refractivity contribution >= 4 is 33.3 Å². The fourth-order valence-corrected chi connectivity index (χ4v) is 2.44. The molecule has 15 heavy (non-hydrogen) atoms. The van der Waals surface area contributed by atoms with Crippen molar-refractivity contribution in [1.82, 2.24) is 10.3 Å². The van der Waals surface area contributed by atoms with Crippen molar-refractivity contribution in [3.05, 3.63) is 21.8 Å². The predicted molar refractivity (Wildman–Crippen MR) is 66.5 cm³/mol. The van der Waals surface area contributed by atoms with E-state index in [9.17, 15) is 0 Å². The van der Waals surface area contributed by atoms with Crippen molar-refractivity contribution < 1.29 is 0 Å². The van der Waals surface area contributed by atoms with E-state index >= 15 is 0 Å². The molecule has 1 fully saturated rings. The number of nitrogens with zero attached hydrogens (tertiary/aromatic N) is 1. The van der Waals surface area contributed by atoms with Crippen LogP contribution in [0.4, 0.5) is 5.82 Å². The van der Waals surface area contributed by atoms with E-state index in [4.69, 9.17) is 11.6 Å². The van der Waals surface area contributed by atoms with E-state index in [0.29, 0.717) is 11.1 Å². The zero-order valence-electron chi connectivity index (χ0n) is 8.26. The van der Waals surface area contributed by atoms with Crippen molar-refractivity contribution in [2.45, 2.75) is 18.9 Å². The number of hydrogen-bond donors (Lipinski definition) is 2. The van der Waals surface area contributed by atoms with E-state index in [1.165, 1.54) is 12.8 Å². The molecule has 1 atom stereocenters. The average molecular weight is 291 g/mol. The third-order valence-corrected chi connectivity index (χ3v) is 3.26. The normalized spacial score (nSPS) is 21.3. The van der Waals surface area contributed by atoms with Crippen LogP contribution in [0.15, 0.2) is 16.7 Å². The Labute approximate surface area is 103 Å². The summed E-state index contributed by atoms with van der Waals surface area (Å²) >= 11 is 9.27. The van der Waals surface area contributed by atoms with E-state index in [0.717, 1.165) is 23.4 Å². The zero-order valence-corrected chi connectivity index (χ0v) is 10.6. The highest BCUT2D eigenvalue weighted by Gasteiger charge is 2.14. The van der Waals surface area contributed by atoms with Crippen LogP contribution < -0.4 is 10.6 Å². The maximum atomic E-state index is 5.83. The molecule has 2 rings (SSSR count). The molecular formula is C10H13BrClN3. The van der Waals surface area contributed by atoms with Gasteiger partial charge in [0.2, 0.25) is 0 Å². The second-order valence-electron chi connectivity index (χ2n) is 3.67. The molecule has 1 saturated heterocycles. The second-order valence-corrected chi connectivity index (χ2v) is 4.96. The van der Waals surface area contributed by atoms with Gasteiger partial charge in [0.25, 0.3) is 0 Å². The quantitative estimate of drug-likeness (QED) is 0.879. The number of aromatic nitrogens is 1. The van der Waals surface area contributed by atoms with E-state index < -0.39 is 0 Å². The first-order chi connectivity index (χ1) is 7.25. The fourth-order valence-electron chi connectivity index (χ4n) is 1.69. The molecule has 2 N–H and O–H groups in total. The third kappa shape index (κ3) is 3.06. The highest BCUT2D eigenvalue weighted by Crippen LogP contribution is 2.24. The van der Waals surface area contributed by atoms with Crippen LogP contribution in [0.5, 0.6) is 0 Å². The Morgan fingerprint density at radius 2 is 2.47 bits per heavy atom. The van der Waals surface area contributed by atoms with Gasteiger partial charge in [0, 0.05) is 18.8 Å². The summed E-state index contributed by atoms with van der Waals surface area (Å²) in [5.41, 5.74) is 0. The van der Waals surface area contributed by atoms with E-state index in [1.807, 2.05) is 6.07 Å². The van der Waals surface area contributed by atoms with Crippen molar-refractivity contribution in [3.8, 4) is 0 Å². The molecule has 0 radical (unpaired) electrons. The van der Waals surface area contributed by atoms with Gasteiger partial charge < -0.3 is 10.6 Å². The standard InChI is InChI=1S/C10H13BrClN3/c11-9-4-7(12)5-14-10(9)15-8-2-1-3-13-6-8/h4-5,8,13H,1-3,6H2,(H,14,15). The Hall–Kier alpha value is -0.320. The molecule has 0 aromatic carbocycles. The van der Waals surface area contributed by atoms with Crippen LogP contribution in [0.2, 0.25) is 5.02 Å². The van der Waals surface area contributed by atoms with Gasteiger partial charge in [-0.3, -0.25) is 0 Å². The molecule has 0 bridgehead atoms. The maximum Gasteiger partial charge on any atom is 0.140 e. The van der Waals surface area contributed by atoms with Crippen molar-refractivity contribution in [1.29, 1.82) is 0 Å². The molecule has 0 amide bonds. The highest BCUT2D eigenvalue weighted by atomic mass is 79.9. The Morgan fingerprint density at radius 3 is 3.13 bits per heavy atom. The number of halogens is 2. The lowest BCUT2D eigenvalue weighted by molar-refractivity contribution is 0.479. The first kappa shape index (κ1) is 11.2. The second kappa shape index (κ2) is 5.14. The first-order valence-corrected chi connectivity index (χ1v) is 6.21. The predicted octanol–water partition coefficient (Wildman–Crippen LogP) is 2.66. The number of hydrogen-bond acceptors (Lipinski definition) is 3. The zero-order chi connectivity index (χ0) is 10.7. The Balaban J connectivity index is 2.03. The number of rotatable bonds is 2. The van der Waals surface area contributed by atoms with Gasteiger partial charge in [-0.25, -0.2) is 4.98 Å². The lowest BCUT2D eigenvalue weighted by atomic mass is 10.1. The summed E-state index contributed by atoms with van der Waals surface area (Å²) < 4.78 is 0.917. The van der Waals surface area contributed by atoms with E-state index in [2.05, 4.69) is 31.5 Å². The smallest absolute Gasteiger partial charge is 0.140 e. The van der Waals surface area contributed by atoms with Crippen LogP contribution in [0.1, 0.15) is 12.8 Å². The average Bonchev–Trinajstić information content (AvgIpc) is 2.24. The lowest BCUT2D eigenvalue weighted by Crippen LogP contribution is -2.38. The molecule has 5 heteroatoms. The number of piperidine rings is 1. The summed E-state index contributed by atoms with van der Waals surface area (Å²) in [6.45, 7) is 2.12. The van der Waals surface area contributed by atoms with Gasteiger partial charge in [0.15, 0.2) is 0 Å². The van der Waals surface area contributed by atoms with Crippen LogP contribution in [-0.2, 0) is 0 Å². The van der Waals surface area contributed by atoms with Gasteiger partial charge in [0.1, 0.15) is 5.82 Å². The Morgan fingerprint density at radius 1 is 1.60 bits per heavy atom. The highest BCUT2D eigenvalue weighted by molar-refractivity contribution is 9.10. The van der Waals surface area contributed by atoms with Gasteiger partial charge in [-0.15, -0.1) is 0 Å². The molecule has 82 valence electrons. The van der Waals surface area contributed by atoms with Gasteiger partial charge in [-0.1, -0.05) is 11.6 Å². The number of anilines is 1. The van der Waals surface area contributed by atoms with Crippen molar-refractivity contribution in [3.63, 3.8) is 0 Å². The Bertz CT molecular complexity index is 339.